The van der Waals surface area contributed by atoms with Crippen LogP contribution in [0.1, 0.15) is 10.4 Å². The van der Waals surface area contributed by atoms with E-state index in [1.54, 1.807) is 20.4 Å². The molecule has 1 saturated heterocycles. The largest absolute Gasteiger partial charge is 0.495 e. The smallest absolute Gasteiger partial charge is 0.256 e. The van der Waals surface area contributed by atoms with Gasteiger partial charge in [-0.25, -0.2) is 9.97 Å². The molecule has 0 unspecified atom stereocenters. The number of nitrogens with one attached hydrogen (secondary N) is 1. The average molecular weight is 448 g/mol. The van der Waals surface area contributed by atoms with Gasteiger partial charge in [-0.15, -0.1) is 0 Å². The summed E-state index contributed by atoms with van der Waals surface area (Å²) in [5.74, 6) is 1.91. The first-order chi connectivity index (χ1) is 16.2. The van der Waals surface area contributed by atoms with Gasteiger partial charge in [0.1, 0.15) is 17.1 Å². The number of piperazine rings is 1. The molecule has 1 aromatic heterocycles. The van der Waals surface area contributed by atoms with E-state index in [4.69, 9.17) is 14.5 Å². The molecule has 4 rings (SSSR count). The van der Waals surface area contributed by atoms with Crippen LogP contribution in [0.3, 0.4) is 0 Å². The van der Waals surface area contributed by atoms with E-state index < -0.39 is 0 Å². The van der Waals surface area contributed by atoms with E-state index >= 15 is 0 Å². The standard InChI is InChI=1S/C25H29N5O3/c1-32-17-12-26-25(31)20-18-27-23(19-8-4-3-5-9-19)28-24(20)30-15-13-29(14-16-30)21-10-6-7-11-22(21)33-2/h3-11,18H,12-17H2,1-2H3,(H,26,31). The van der Waals surface area contributed by atoms with E-state index in [1.165, 1.54) is 0 Å². The van der Waals surface area contributed by atoms with E-state index in [0.29, 0.717) is 30.4 Å². The molecule has 0 atom stereocenters. The number of hydrogen-bond acceptors (Lipinski definition) is 7. The first-order valence-electron chi connectivity index (χ1n) is 11.0. The van der Waals surface area contributed by atoms with Crippen LogP contribution in [0.25, 0.3) is 11.4 Å². The molecule has 8 nitrogen and oxygen atoms in total. The molecular weight excluding hydrogens is 418 g/mol. The number of amides is 1. The molecular formula is C25H29N5O3. The summed E-state index contributed by atoms with van der Waals surface area (Å²) in [5.41, 5.74) is 2.46. The maximum absolute atomic E-state index is 12.9. The van der Waals surface area contributed by atoms with Crippen molar-refractivity contribution in [3.05, 3.63) is 66.4 Å². The van der Waals surface area contributed by atoms with Gasteiger partial charge in [-0.05, 0) is 12.1 Å². The zero-order valence-corrected chi connectivity index (χ0v) is 19.0. The number of rotatable bonds is 8. The lowest BCUT2D eigenvalue weighted by molar-refractivity contribution is 0.0937. The molecule has 1 aliphatic rings. The fraction of sp³-hybridized carbons (Fsp3) is 0.320. The second-order valence-electron chi connectivity index (χ2n) is 7.69. The maximum Gasteiger partial charge on any atom is 0.256 e. The molecule has 8 heteroatoms. The lowest BCUT2D eigenvalue weighted by Gasteiger charge is -2.37. The van der Waals surface area contributed by atoms with Crippen LogP contribution in [0.4, 0.5) is 11.5 Å². The first-order valence-corrected chi connectivity index (χ1v) is 11.0. The van der Waals surface area contributed by atoms with Crippen molar-refractivity contribution in [1.29, 1.82) is 0 Å². The number of aromatic nitrogens is 2. The highest BCUT2D eigenvalue weighted by Gasteiger charge is 2.25. The number of hydrogen-bond donors (Lipinski definition) is 1. The highest BCUT2D eigenvalue weighted by molar-refractivity contribution is 5.99. The molecule has 33 heavy (non-hydrogen) atoms. The van der Waals surface area contributed by atoms with E-state index in [0.717, 1.165) is 43.2 Å². The van der Waals surface area contributed by atoms with Gasteiger partial charge < -0.3 is 24.6 Å². The molecule has 3 aromatic rings. The van der Waals surface area contributed by atoms with Crippen molar-refractivity contribution in [2.24, 2.45) is 0 Å². The molecule has 0 aliphatic carbocycles. The quantitative estimate of drug-likeness (QED) is 0.532. The Balaban J connectivity index is 1.58. The highest BCUT2D eigenvalue weighted by atomic mass is 16.5. The third-order valence-corrected chi connectivity index (χ3v) is 5.64. The summed E-state index contributed by atoms with van der Waals surface area (Å²) in [7, 11) is 3.30. The van der Waals surface area contributed by atoms with Gasteiger partial charge in [-0.2, -0.15) is 0 Å². The predicted molar refractivity (Wildman–Crippen MR) is 129 cm³/mol. The Labute approximate surface area is 194 Å². The van der Waals surface area contributed by atoms with Crippen LogP contribution in [0.15, 0.2) is 60.8 Å². The minimum absolute atomic E-state index is 0.200. The molecule has 0 radical (unpaired) electrons. The monoisotopic (exact) mass is 447 g/mol. The second kappa shape index (κ2) is 10.8. The number of nitrogens with zero attached hydrogens (tertiary/aromatic N) is 4. The molecule has 1 aliphatic heterocycles. The summed E-state index contributed by atoms with van der Waals surface area (Å²) in [6.45, 7) is 3.90. The maximum atomic E-state index is 12.9. The van der Waals surface area contributed by atoms with Crippen molar-refractivity contribution >= 4 is 17.4 Å². The summed E-state index contributed by atoms with van der Waals surface area (Å²) in [5, 5.41) is 2.89. The van der Waals surface area contributed by atoms with Gasteiger partial charge in [0.25, 0.3) is 5.91 Å². The highest BCUT2D eigenvalue weighted by Crippen LogP contribution is 2.30. The number of benzene rings is 2. The lowest BCUT2D eigenvalue weighted by atomic mass is 10.1. The van der Waals surface area contributed by atoms with Crippen LogP contribution >= 0.6 is 0 Å². The van der Waals surface area contributed by atoms with E-state index in [2.05, 4.69) is 26.2 Å². The van der Waals surface area contributed by atoms with Gasteiger partial charge in [-0.1, -0.05) is 42.5 Å². The van der Waals surface area contributed by atoms with Crippen molar-refractivity contribution in [2.45, 2.75) is 0 Å². The second-order valence-corrected chi connectivity index (χ2v) is 7.69. The van der Waals surface area contributed by atoms with Crippen molar-refractivity contribution < 1.29 is 14.3 Å². The van der Waals surface area contributed by atoms with E-state index in [-0.39, 0.29) is 5.91 Å². The minimum Gasteiger partial charge on any atom is -0.495 e. The lowest BCUT2D eigenvalue weighted by Crippen LogP contribution is -2.47. The fourth-order valence-corrected chi connectivity index (χ4v) is 3.91. The molecule has 172 valence electrons. The van der Waals surface area contributed by atoms with E-state index in [1.807, 2.05) is 48.5 Å². The fourth-order valence-electron chi connectivity index (χ4n) is 3.91. The number of anilines is 2. The number of carbonyl (C=O) groups excluding carboxylic acids is 1. The molecule has 1 amide bonds. The molecule has 0 bridgehead atoms. The Morgan fingerprint density at radius 3 is 2.39 bits per heavy atom. The SMILES string of the molecule is COCCNC(=O)c1cnc(-c2ccccc2)nc1N1CCN(c2ccccc2OC)CC1. The van der Waals surface area contributed by atoms with Gasteiger partial charge in [0.15, 0.2) is 5.82 Å². The molecule has 2 heterocycles. The van der Waals surface area contributed by atoms with Crippen LogP contribution in [0.2, 0.25) is 0 Å². The van der Waals surface area contributed by atoms with Gasteiger partial charge in [0.2, 0.25) is 0 Å². The van der Waals surface area contributed by atoms with Crippen molar-refractivity contribution in [3.63, 3.8) is 0 Å². The molecule has 0 spiro atoms. The van der Waals surface area contributed by atoms with Crippen LogP contribution in [-0.4, -0.2) is 69.4 Å². The molecule has 1 fully saturated rings. The summed E-state index contributed by atoms with van der Waals surface area (Å²) in [6, 6.07) is 17.8. The van der Waals surface area contributed by atoms with Crippen LogP contribution in [0.5, 0.6) is 5.75 Å². The van der Waals surface area contributed by atoms with Gasteiger partial charge >= 0.3 is 0 Å². The predicted octanol–water partition coefficient (Wildman–Crippen LogP) is 2.86. The molecule has 1 N–H and O–H groups in total. The van der Waals surface area contributed by atoms with Crippen molar-refractivity contribution in [3.8, 4) is 17.1 Å². The van der Waals surface area contributed by atoms with Crippen LogP contribution < -0.4 is 19.9 Å². The zero-order chi connectivity index (χ0) is 23.0. The number of para-hydroxylation sites is 2. The van der Waals surface area contributed by atoms with E-state index in [9.17, 15) is 4.79 Å². The Bertz CT molecular complexity index is 1070. The third-order valence-electron chi connectivity index (χ3n) is 5.64. The Kier molecular flexibility index (Phi) is 7.36. The Hall–Kier alpha value is -3.65. The zero-order valence-electron chi connectivity index (χ0n) is 19.0. The van der Waals surface area contributed by atoms with Gasteiger partial charge in [0.05, 0.1) is 19.4 Å². The number of methoxy groups -OCH3 is 2. The summed E-state index contributed by atoms with van der Waals surface area (Å²) in [6.07, 6.45) is 1.62. The normalized spacial score (nSPS) is 13.6. The molecule has 0 saturated carbocycles. The minimum atomic E-state index is -0.200. The number of ether oxygens (including phenoxy) is 2. The van der Waals surface area contributed by atoms with Crippen LogP contribution in [-0.2, 0) is 4.74 Å². The van der Waals surface area contributed by atoms with Gasteiger partial charge in [-0.3, -0.25) is 4.79 Å². The summed E-state index contributed by atoms with van der Waals surface area (Å²) in [4.78, 5) is 26.7. The van der Waals surface area contributed by atoms with Gasteiger partial charge in [0, 0.05) is 51.6 Å². The Morgan fingerprint density at radius 1 is 0.970 bits per heavy atom. The molecule has 2 aromatic carbocycles. The van der Waals surface area contributed by atoms with Crippen LogP contribution in [0, 0.1) is 0 Å². The average Bonchev–Trinajstić information content (AvgIpc) is 2.89. The summed E-state index contributed by atoms with van der Waals surface area (Å²) < 4.78 is 10.6. The van der Waals surface area contributed by atoms with Crippen molar-refractivity contribution in [2.75, 3.05) is 63.4 Å². The van der Waals surface area contributed by atoms with Crippen molar-refractivity contribution in [1.82, 2.24) is 15.3 Å². The summed E-state index contributed by atoms with van der Waals surface area (Å²) >= 11 is 0. The first kappa shape index (κ1) is 22.5. The Morgan fingerprint density at radius 2 is 1.67 bits per heavy atom. The third kappa shape index (κ3) is 5.23. The number of carbonyl (C=O) groups is 1. The topological polar surface area (TPSA) is 79.8 Å².